The van der Waals surface area contributed by atoms with Crippen LogP contribution in [0.25, 0.3) is 11.8 Å². The molecule has 40 heavy (non-hydrogen) atoms. The number of hydrogen-bond donors (Lipinski definition) is 2. The molecule has 210 valence electrons. The van der Waals surface area contributed by atoms with Crippen molar-refractivity contribution < 1.29 is 22.4 Å². The van der Waals surface area contributed by atoms with Crippen molar-refractivity contribution in [1.82, 2.24) is 24.1 Å². The molecular weight excluding hydrogens is 546 g/mol. The molecule has 13 heteroatoms. The van der Waals surface area contributed by atoms with Crippen LogP contribution in [0.15, 0.2) is 65.6 Å². The molecule has 1 aliphatic carbocycles. The molecule has 3 heterocycles. The van der Waals surface area contributed by atoms with Gasteiger partial charge in [0.05, 0.1) is 33.6 Å². The standard InChI is InChI=1S/C27H27F4N7OS/c1-2-36(33)15-24(32)40-37-10-8-18-12-23-17(14-35-38(23)21-5-3-20(28)4-6-21)13-26(18,16-37)25(39)22-11-19(7-9-34-22)27(29,30)31/h3-7,9,11-12,14-15H,2,8,10,13,16,32-33H2,1H3/b24-15+. The summed E-state index contributed by atoms with van der Waals surface area (Å²) >= 11 is 1.24. The molecule has 2 aromatic heterocycles. The van der Waals surface area contributed by atoms with Gasteiger partial charge < -0.3 is 10.7 Å². The highest BCUT2D eigenvalue weighted by Crippen LogP contribution is 2.48. The summed E-state index contributed by atoms with van der Waals surface area (Å²) in [5.74, 6) is 4.96. The van der Waals surface area contributed by atoms with Gasteiger partial charge in [0.1, 0.15) is 11.5 Å². The fraction of sp³-hybridized carbons (Fsp3) is 0.296. The number of pyridine rings is 1. The number of alkyl halides is 3. The Labute approximate surface area is 232 Å². The number of carbonyl (C=O) groups is 1. The molecule has 0 bridgehead atoms. The van der Waals surface area contributed by atoms with E-state index in [2.05, 4.69) is 10.1 Å². The minimum atomic E-state index is -4.62. The number of hydrazine groups is 1. The van der Waals surface area contributed by atoms with E-state index in [0.29, 0.717) is 30.2 Å². The number of aromatic nitrogens is 3. The van der Waals surface area contributed by atoms with Gasteiger partial charge in [-0.05, 0) is 79.8 Å². The molecule has 1 saturated heterocycles. The molecule has 3 aromatic rings. The molecule has 2 aliphatic rings. The highest BCUT2D eigenvalue weighted by molar-refractivity contribution is 8.00. The summed E-state index contributed by atoms with van der Waals surface area (Å²) < 4.78 is 57.6. The number of nitrogens with two attached hydrogens (primary N) is 2. The maximum atomic E-state index is 14.2. The number of nitrogens with zero attached hydrogens (tertiary/aromatic N) is 5. The lowest BCUT2D eigenvalue weighted by atomic mass is 9.65. The van der Waals surface area contributed by atoms with Gasteiger partial charge in [0.15, 0.2) is 5.78 Å². The summed E-state index contributed by atoms with van der Waals surface area (Å²) in [7, 11) is 0. The maximum absolute atomic E-state index is 14.2. The number of benzene rings is 1. The summed E-state index contributed by atoms with van der Waals surface area (Å²) in [5, 5.41) is 6.33. The van der Waals surface area contributed by atoms with Crippen LogP contribution in [0.2, 0.25) is 0 Å². The lowest BCUT2D eigenvalue weighted by molar-refractivity contribution is -0.137. The van der Waals surface area contributed by atoms with Gasteiger partial charge in [-0.3, -0.25) is 9.78 Å². The second kappa shape index (κ2) is 10.7. The van der Waals surface area contributed by atoms with Crippen molar-refractivity contribution >= 4 is 23.8 Å². The Balaban J connectivity index is 1.56. The first-order valence-electron chi connectivity index (χ1n) is 12.5. The number of fused-ring (bicyclic) bond motifs is 2. The van der Waals surface area contributed by atoms with E-state index in [1.807, 2.05) is 17.3 Å². The third-order valence-corrected chi connectivity index (χ3v) is 7.99. The van der Waals surface area contributed by atoms with Crippen molar-refractivity contribution in [2.45, 2.75) is 25.9 Å². The first-order chi connectivity index (χ1) is 19.0. The molecule has 1 aliphatic heterocycles. The van der Waals surface area contributed by atoms with Gasteiger partial charge in [0.25, 0.3) is 0 Å². The van der Waals surface area contributed by atoms with E-state index in [0.717, 1.165) is 35.2 Å². The van der Waals surface area contributed by atoms with Gasteiger partial charge in [-0.15, -0.1) is 0 Å². The van der Waals surface area contributed by atoms with Crippen LogP contribution in [0.4, 0.5) is 17.6 Å². The predicted octanol–water partition coefficient (Wildman–Crippen LogP) is 4.54. The number of ketones is 1. The lowest BCUT2D eigenvalue weighted by Crippen LogP contribution is -2.50. The lowest BCUT2D eigenvalue weighted by Gasteiger charge is -2.44. The second-order valence-electron chi connectivity index (χ2n) is 9.70. The molecule has 0 radical (unpaired) electrons. The van der Waals surface area contributed by atoms with Crippen molar-refractivity contribution in [2.24, 2.45) is 17.0 Å². The Kier molecular flexibility index (Phi) is 7.46. The zero-order chi connectivity index (χ0) is 28.7. The average molecular weight is 574 g/mol. The largest absolute Gasteiger partial charge is 0.416 e. The molecule has 1 fully saturated rings. The van der Waals surface area contributed by atoms with Crippen molar-refractivity contribution in [3.05, 3.63) is 93.9 Å². The molecule has 0 amide bonds. The quantitative estimate of drug-likeness (QED) is 0.140. The topological polar surface area (TPSA) is 106 Å². The smallest absolute Gasteiger partial charge is 0.391 e. The van der Waals surface area contributed by atoms with E-state index in [1.54, 1.807) is 29.2 Å². The summed E-state index contributed by atoms with van der Waals surface area (Å²) in [5.41, 5.74) is 6.68. The predicted molar refractivity (Wildman–Crippen MR) is 144 cm³/mol. The van der Waals surface area contributed by atoms with Crippen molar-refractivity contribution in [3.63, 3.8) is 0 Å². The summed E-state index contributed by atoms with van der Waals surface area (Å²) in [6.07, 6.45) is 2.14. The van der Waals surface area contributed by atoms with E-state index in [9.17, 15) is 22.4 Å². The summed E-state index contributed by atoms with van der Waals surface area (Å²) in [6.45, 7) is 3.13. The molecular formula is C27H27F4N7OS. The van der Waals surface area contributed by atoms with Gasteiger partial charge in [-0.1, -0.05) is 5.57 Å². The fourth-order valence-electron chi connectivity index (χ4n) is 5.09. The molecule has 0 saturated carbocycles. The average Bonchev–Trinajstić information content (AvgIpc) is 3.33. The highest BCUT2D eigenvalue weighted by Gasteiger charge is 2.50. The van der Waals surface area contributed by atoms with E-state index in [1.165, 1.54) is 29.1 Å². The van der Waals surface area contributed by atoms with Crippen LogP contribution in [0.3, 0.4) is 0 Å². The Morgan fingerprint density at radius 2 is 2.00 bits per heavy atom. The Hall–Kier alpha value is -3.68. The Morgan fingerprint density at radius 3 is 2.70 bits per heavy atom. The number of rotatable bonds is 7. The van der Waals surface area contributed by atoms with Crippen LogP contribution in [0.5, 0.6) is 0 Å². The van der Waals surface area contributed by atoms with E-state index < -0.39 is 22.9 Å². The van der Waals surface area contributed by atoms with Gasteiger partial charge in [0, 0.05) is 32.0 Å². The molecule has 4 N–H and O–H groups in total. The SMILES string of the molecule is CCN(N)/C=C(\N)SN1CCC2=Cc3c(cnn3-c3ccc(F)cc3)CC2(C(=O)c2cc(C(F)(F)F)ccn2)C1. The second-order valence-corrected chi connectivity index (χ2v) is 10.9. The van der Waals surface area contributed by atoms with Crippen LogP contribution >= 0.6 is 11.9 Å². The van der Waals surface area contributed by atoms with Crippen LogP contribution in [-0.4, -0.2) is 49.5 Å². The van der Waals surface area contributed by atoms with Crippen LogP contribution in [0.1, 0.15) is 40.7 Å². The Morgan fingerprint density at radius 1 is 1.25 bits per heavy atom. The van der Waals surface area contributed by atoms with Crippen LogP contribution in [0, 0.1) is 11.2 Å². The molecule has 8 nitrogen and oxygen atoms in total. The van der Waals surface area contributed by atoms with Crippen LogP contribution in [-0.2, 0) is 12.6 Å². The monoisotopic (exact) mass is 573 g/mol. The zero-order valence-corrected chi connectivity index (χ0v) is 22.3. The highest BCUT2D eigenvalue weighted by atomic mass is 32.2. The number of piperidine rings is 1. The molecule has 1 atom stereocenters. The van der Waals surface area contributed by atoms with E-state index >= 15 is 0 Å². The van der Waals surface area contributed by atoms with E-state index in [4.69, 9.17) is 11.6 Å². The summed E-state index contributed by atoms with van der Waals surface area (Å²) in [4.78, 5) is 18.2. The number of halogens is 4. The van der Waals surface area contributed by atoms with E-state index in [-0.39, 0.29) is 24.5 Å². The fourth-order valence-corrected chi connectivity index (χ4v) is 6.03. The molecule has 5 rings (SSSR count). The molecule has 0 spiro atoms. The maximum Gasteiger partial charge on any atom is 0.416 e. The summed E-state index contributed by atoms with van der Waals surface area (Å²) in [6, 6.07) is 7.53. The minimum Gasteiger partial charge on any atom is -0.391 e. The first kappa shape index (κ1) is 27.9. The molecule has 1 unspecified atom stereocenters. The third kappa shape index (κ3) is 5.36. The number of carbonyl (C=O) groups excluding carboxylic acids is 1. The molecule has 1 aromatic carbocycles. The zero-order valence-electron chi connectivity index (χ0n) is 21.5. The van der Waals surface area contributed by atoms with Crippen molar-refractivity contribution in [2.75, 3.05) is 19.6 Å². The minimum absolute atomic E-state index is 0.187. The normalized spacial score (nSPS) is 19.6. The van der Waals surface area contributed by atoms with Crippen LogP contribution < -0.4 is 11.6 Å². The first-order valence-corrected chi connectivity index (χ1v) is 13.3. The van der Waals surface area contributed by atoms with Gasteiger partial charge in [0.2, 0.25) is 0 Å². The van der Waals surface area contributed by atoms with Gasteiger partial charge >= 0.3 is 6.18 Å². The van der Waals surface area contributed by atoms with Crippen molar-refractivity contribution in [3.8, 4) is 5.69 Å². The van der Waals surface area contributed by atoms with Gasteiger partial charge in [-0.25, -0.2) is 19.2 Å². The number of Topliss-reactive ketones (excluding diaryl/α,β-unsaturated/α-hetero) is 1. The van der Waals surface area contributed by atoms with Gasteiger partial charge in [-0.2, -0.15) is 18.3 Å². The third-order valence-electron chi connectivity index (χ3n) is 7.10. The number of hydrogen-bond acceptors (Lipinski definition) is 8. The van der Waals surface area contributed by atoms with Crippen molar-refractivity contribution in [1.29, 1.82) is 0 Å². The Bertz CT molecular complexity index is 1480.